The van der Waals surface area contributed by atoms with E-state index in [0.29, 0.717) is 28.8 Å². The third-order valence-corrected chi connectivity index (χ3v) is 3.66. The summed E-state index contributed by atoms with van der Waals surface area (Å²) in [4.78, 5) is 38.6. The van der Waals surface area contributed by atoms with Crippen LogP contribution >= 0.6 is 0 Å². The molecule has 0 spiro atoms. The second-order valence-electron chi connectivity index (χ2n) is 6.57. The zero-order valence-corrected chi connectivity index (χ0v) is 18.6. The van der Waals surface area contributed by atoms with Gasteiger partial charge in [-0.15, -0.1) is 0 Å². The third-order valence-electron chi connectivity index (χ3n) is 3.66. The summed E-state index contributed by atoms with van der Waals surface area (Å²) in [5.41, 5.74) is 17.0. The Kier molecular flexibility index (Phi) is 9.98. The van der Waals surface area contributed by atoms with E-state index in [2.05, 4.69) is 4.99 Å². The summed E-state index contributed by atoms with van der Waals surface area (Å²) in [6, 6.07) is 12.6. The molecule has 1 unspecified atom stereocenters. The van der Waals surface area contributed by atoms with Crippen LogP contribution in [-0.4, -0.2) is 49.6 Å². The Morgan fingerprint density at radius 1 is 1.00 bits per heavy atom. The molecule has 12 nitrogen and oxygen atoms in total. The Balaban J connectivity index is 0.000000981. The van der Waals surface area contributed by atoms with Gasteiger partial charge in [-0.25, -0.2) is 9.79 Å². The van der Waals surface area contributed by atoms with Crippen molar-refractivity contribution in [2.24, 2.45) is 22.2 Å². The Hall–Kier alpha value is -3.97. The van der Waals surface area contributed by atoms with E-state index in [0.717, 1.165) is 0 Å². The number of primary amides is 1. The summed E-state index contributed by atoms with van der Waals surface area (Å²) in [5, 5.41) is 0. The number of nitrogens with two attached hydrogens (primary N) is 3. The molecule has 33 heavy (non-hydrogen) atoms. The highest BCUT2D eigenvalue weighted by Gasteiger charge is 2.18. The summed E-state index contributed by atoms with van der Waals surface area (Å²) >= 11 is 0. The van der Waals surface area contributed by atoms with E-state index in [1.165, 1.54) is 12.1 Å². The number of aliphatic imine (C=N–C) groups is 1. The predicted molar refractivity (Wildman–Crippen MR) is 119 cm³/mol. The van der Waals surface area contributed by atoms with E-state index in [1.807, 2.05) is 0 Å². The van der Waals surface area contributed by atoms with Crippen molar-refractivity contribution >= 4 is 39.6 Å². The van der Waals surface area contributed by atoms with Crippen LogP contribution < -0.4 is 21.9 Å². The van der Waals surface area contributed by atoms with Crippen LogP contribution in [0.2, 0.25) is 0 Å². The monoisotopic (exact) mass is 480 g/mol. The van der Waals surface area contributed by atoms with E-state index < -0.39 is 40.5 Å². The van der Waals surface area contributed by atoms with E-state index in [1.54, 1.807) is 43.3 Å². The van der Waals surface area contributed by atoms with E-state index in [9.17, 15) is 22.8 Å². The first-order valence-electron chi connectivity index (χ1n) is 9.15. The summed E-state index contributed by atoms with van der Waals surface area (Å²) in [6.45, 7) is 1.16. The predicted octanol–water partition coefficient (Wildman–Crippen LogP) is 0.447. The summed E-state index contributed by atoms with van der Waals surface area (Å²) in [6.07, 6.45) is 0.715. The maximum Gasteiger partial charge on any atom is 0.343 e. The van der Waals surface area contributed by atoms with Gasteiger partial charge >= 0.3 is 11.9 Å². The fourth-order valence-electron chi connectivity index (χ4n) is 2.21. The molecule has 2 rings (SSSR count). The lowest BCUT2D eigenvalue weighted by atomic mass is 10.0. The summed E-state index contributed by atoms with van der Waals surface area (Å²) in [7, 11) is -3.67. The van der Waals surface area contributed by atoms with Crippen molar-refractivity contribution in [3.63, 3.8) is 0 Å². The van der Waals surface area contributed by atoms with Crippen LogP contribution in [0, 0.1) is 0 Å². The number of ether oxygens (including phenoxy) is 2. The smallest absolute Gasteiger partial charge is 0.343 e. The lowest BCUT2D eigenvalue weighted by molar-refractivity contribution is -0.148. The van der Waals surface area contributed by atoms with Crippen molar-refractivity contribution in [2.75, 3.05) is 12.9 Å². The number of rotatable bonds is 7. The van der Waals surface area contributed by atoms with Crippen LogP contribution in [0.4, 0.5) is 5.69 Å². The maximum absolute atomic E-state index is 12.2. The Morgan fingerprint density at radius 3 is 1.97 bits per heavy atom. The van der Waals surface area contributed by atoms with E-state index >= 15 is 0 Å². The van der Waals surface area contributed by atoms with Crippen LogP contribution in [0.5, 0.6) is 5.75 Å². The molecule has 0 bridgehead atoms. The number of amides is 1. The number of carbonyl (C=O) groups excluding carboxylic acids is 3. The van der Waals surface area contributed by atoms with Gasteiger partial charge in [-0.1, -0.05) is 12.1 Å². The largest absolute Gasteiger partial charge is 0.455 e. The van der Waals surface area contributed by atoms with Crippen LogP contribution in [0.15, 0.2) is 53.5 Å². The SMILES string of the molecule is CC(C(=O)OCC(N)=O)c1ccc(OC(=O)c2ccc(N=C(N)N)cc2)cc1.CS(=O)(=O)O. The zero-order valence-electron chi connectivity index (χ0n) is 17.8. The average molecular weight is 480 g/mol. The Morgan fingerprint density at radius 2 is 1.52 bits per heavy atom. The summed E-state index contributed by atoms with van der Waals surface area (Å²) < 4.78 is 35.9. The second kappa shape index (κ2) is 12.2. The molecule has 0 aliphatic carbocycles. The third kappa shape index (κ3) is 11.3. The van der Waals surface area contributed by atoms with Gasteiger partial charge in [0, 0.05) is 0 Å². The van der Waals surface area contributed by atoms with Gasteiger partial charge in [0.05, 0.1) is 23.4 Å². The molecular formula is C20H24N4O8S. The number of hydrogen-bond donors (Lipinski definition) is 4. The van der Waals surface area contributed by atoms with Crippen molar-refractivity contribution < 1.29 is 36.8 Å². The highest BCUT2D eigenvalue weighted by molar-refractivity contribution is 7.85. The van der Waals surface area contributed by atoms with Crippen molar-refractivity contribution in [3.8, 4) is 5.75 Å². The molecule has 0 aliphatic heterocycles. The zero-order chi connectivity index (χ0) is 25.2. The molecule has 178 valence electrons. The quantitative estimate of drug-likeness (QED) is 0.141. The molecule has 0 aliphatic rings. The standard InChI is InChI=1S/C19H20N4O5.CH4O3S/c1-11(17(25)27-10-16(20)24)12-4-8-15(9-5-12)28-18(26)13-2-6-14(7-3-13)23-19(21)22;1-5(2,3)4/h2-9,11H,10H2,1H3,(H2,20,24)(H4,21,22,23);1H3,(H,2,3,4). The molecule has 0 radical (unpaired) electrons. The molecule has 0 fully saturated rings. The molecule has 0 heterocycles. The topological polar surface area (TPSA) is 214 Å². The van der Waals surface area contributed by atoms with Crippen molar-refractivity contribution in [3.05, 3.63) is 59.7 Å². The van der Waals surface area contributed by atoms with Crippen molar-refractivity contribution in [1.29, 1.82) is 0 Å². The second-order valence-corrected chi connectivity index (χ2v) is 8.04. The van der Waals surface area contributed by atoms with Gasteiger partial charge in [0.1, 0.15) is 5.75 Å². The molecule has 2 aromatic rings. The minimum Gasteiger partial charge on any atom is -0.455 e. The number of nitrogens with zero attached hydrogens (tertiary/aromatic N) is 1. The molecular weight excluding hydrogens is 456 g/mol. The van der Waals surface area contributed by atoms with Gasteiger partial charge in [0.2, 0.25) is 0 Å². The van der Waals surface area contributed by atoms with Crippen molar-refractivity contribution in [1.82, 2.24) is 0 Å². The molecule has 1 amide bonds. The summed E-state index contributed by atoms with van der Waals surface area (Å²) in [5.74, 6) is -2.24. The molecule has 1 atom stereocenters. The Bertz CT molecular complexity index is 1100. The van der Waals surface area contributed by atoms with Crippen LogP contribution in [-0.2, 0) is 24.4 Å². The molecule has 0 saturated heterocycles. The average Bonchev–Trinajstić information content (AvgIpc) is 2.71. The number of esters is 2. The first kappa shape index (κ1) is 27.1. The lowest BCUT2D eigenvalue weighted by Crippen LogP contribution is -2.23. The normalized spacial score (nSPS) is 11.2. The molecule has 0 aromatic heterocycles. The van der Waals surface area contributed by atoms with Crippen molar-refractivity contribution in [2.45, 2.75) is 12.8 Å². The van der Waals surface area contributed by atoms with Gasteiger partial charge in [0.25, 0.3) is 16.0 Å². The van der Waals surface area contributed by atoms with Gasteiger partial charge in [-0.2, -0.15) is 8.42 Å². The fraction of sp³-hybridized carbons (Fsp3) is 0.200. The maximum atomic E-state index is 12.2. The van der Waals surface area contributed by atoms with Crippen LogP contribution in [0.3, 0.4) is 0 Å². The lowest BCUT2D eigenvalue weighted by Gasteiger charge is -2.11. The number of hydrogen-bond acceptors (Lipinski definition) is 8. The highest BCUT2D eigenvalue weighted by atomic mass is 32.2. The number of guanidine groups is 1. The first-order chi connectivity index (χ1) is 15.3. The van der Waals surface area contributed by atoms with Gasteiger partial charge in [-0.05, 0) is 48.9 Å². The molecule has 0 saturated carbocycles. The molecule has 13 heteroatoms. The van der Waals surface area contributed by atoms with Gasteiger partial charge in [-0.3, -0.25) is 14.1 Å². The molecule has 2 aromatic carbocycles. The van der Waals surface area contributed by atoms with E-state index in [-0.39, 0.29) is 5.96 Å². The molecule has 7 N–H and O–H groups in total. The highest BCUT2D eigenvalue weighted by Crippen LogP contribution is 2.21. The number of benzene rings is 2. The van der Waals surface area contributed by atoms with Gasteiger partial charge < -0.3 is 26.7 Å². The first-order valence-corrected chi connectivity index (χ1v) is 11.0. The van der Waals surface area contributed by atoms with Crippen LogP contribution in [0.1, 0.15) is 28.8 Å². The number of carbonyl (C=O) groups is 3. The Labute approximate surface area is 190 Å². The fourth-order valence-corrected chi connectivity index (χ4v) is 2.21. The van der Waals surface area contributed by atoms with E-state index in [4.69, 9.17) is 31.2 Å². The minimum absolute atomic E-state index is 0.0804. The van der Waals surface area contributed by atoms with Gasteiger partial charge in [0.15, 0.2) is 12.6 Å². The van der Waals surface area contributed by atoms with Crippen LogP contribution in [0.25, 0.3) is 0 Å². The minimum atomic E-state index is -3.67.